The molecular formula is C25H20N4O4S. The molecule has 9 heteroatoms. The van der Waals surface area contributed by atoms with E-state index >= 15 is 0 Å². The van der Waals surface area contributed by atoms with E-state index in [0.717, 1.165) is 16.9 Å². The number of ketones is 1. The van der Waals surface area contributed by atoms with Crippen LogP contribution in [0.2, 0.25) is 0 Å². The summed E-state index contributed by atoms with van der Waals surface area (Å²) in [6.45, 7) is 0. The summed E-state index contributed by atoms with van der Waals surface area (Å²) in [6.07, 6.45) is 1.58. The van der Waals surface area contributed by atoms with Crippen molar-refractivity contribution in [1.29, 1.82) is 0 Å². The lowest BCUT2D eigenvalue weighted by molar-refractivity contribution is -0.384. The van der Waals surface area contributed by atoms with Crippen molar-refractivity contribution in [2.24, 2.45) is 5.92 Å². The number of fused-ring (bicyclic) bond motifs is 4. The molecule has 3 aromatic rings. The largest absolute Gasteiger partial charge is 0.324 e. The number of non-ortho nitro benzene ring substituents is 1. The van der Waals surface area contributed by atoms with E-state index in [1.165, 1.54) is 12.1 Å². The second-order valence-electron chi connectivity index (χ2n) is 8.73. The zero-order valence-electron chi connectivity index (χ0n) is 18.0. The zero-order valence-corrected chi connectivity index (χ0v) is 18.8. The number of amides is 1. The molecule has 1 aromatic heterocycles. The van der Waals surface area contributed by atoms with Crippen molar-refractivity contribution in [3.8, 4) is 0 Å². The number of Topliss-reactive ketones (excluding diaryl/α,β-unsaturated/α-hetero) is 1. The van der Waals surface area contributed by atoms with Crippen molar-refractivity contribution in [2.75, 3.05) is 16.9 Å². The Balaban J connectivity index is 1.59. The van der Waals surface area contributed by atoms with Crippen LogP contribution in [0.5, 0.6) is 0 Å². The summed E-state index contributed by atoms with van der Waals surface area (Å²) in [5, 5.41) is 14.3. The Morgan fingerprint density at radius 3 is 2.62 bits per heavy atom. The molecular weight excluding hydrogens is 452 g/mol. The van der Waals surface area contributed by atoms with E-state index in [1.807, 2.05) is 24.3 Å². The van der Waals surface area contributed by atoms with Crippen LogP contribution in [0.4, 0.5) is 11.4 Å². The van der Waals surface area contributed by atoms with Gasteiger partial charge in [-0.05, 0) is 23.8 Å². The summed E-state index contributed by atoms with van der Waals surface area (Å²) in [4.78, 5) is 45.3. The number of nitro benzene ring substituents is 1. The van der Waals surface area contributed by atoms with Gasteiger partial charge in [0.2, 0.25) is 5.91 Å². The van der Waals surface area contributed by atoms with Crippen LogP contribution in [0.15, 0.2) is 72.9 Å². The molecule has 34 heavy (non-hydrogen) atoms. The Bertz CT molecular complexity index is 1320. The Morgan fingerprint density at radius 1 is 1.12 bits per heavy atom. The summed E-state index contributed by atoms with van der Waals surface area (Å²) in [6, 6.07) is 19.0. The molecule has 3 aliphatic heterocycles. The molecule has 0 radical (unpaired) electrons. The van der Waals surface area contributed by atoms with Crippen molar-refractivity contribution < 1.29 is 14.5 Å². The maximum absolute atomic E-state index is 14.2. The number of pyridine rings is 1. The number of thioether (sulfide) groups is 1. The second kappa shape index (κ2) is 7.75. The molecule has 0 unspecified atom stereocenters. The van der Waals surface area contributed by atoms with Gasteiger partial charge in [0.25, 0.3) is 5.69 Å². The van der Waals surface area contributed by atoms with E-state index < -0.39 is 16.4 Å². The first-order valence-corrected chi connectivity index (χ1v) is 12.1. The number of carbonyl (C=O) groups excluding carboxylic acids is 2. The molecule has 1 N–H and O–H groups in total. The molecule has 1 spiro atoms. The monoisotopic (exact) mass is 472 g/mol. The van der Waals surface area contributed by atoms with E-state index in [0.29, 0.717) is 17.3 Å². The minimum atomic E-state index is -1.17. The average Bonchev–Trinajstić information content (AvgIpc) is 3.52. The third-order valence-corrected chi connectivity index (χ3v) is 8.25. The molecule has 0 aliphatic carbocycles. The molecule has 4 atom stereocenters. The summed E-state index contributed by atoms with van der Waals surface area (Å²) in [5.41, 5.74) is 1.45. The number of para-hydroxylation sites is 1. The summed E-state index contributed by atoms with van der Waals surface area (Å²) >= 11 is 1.73. The van der Waals surface area contributed by atoms with Gasteiger partial charge in [-0.25, -0.2) is 0 Å². The van der Waals surface area contributed by atoms with Crippen LogP contribution in [0.1, 0.15) is 27.5 Å². The first-order chi connectivity index (χ1) is 16.5. The minimum absolute atomic E-state index is 0.00864. The number of nitrogens with one attached hydrogen (secondary N) is 1. The quantitative estimate of drug-likeness (QED) is 0.350. The standard InChI is InChI=1S/C25H20N4O4S/c30-23(19-7-3-4-12-26-19)22-21(15-8-10-16(11-9-15)29(32)33)20-13-34-14-28(20)25(22)17-5-1-2-6-18(17)27-24(25)31/h1-12,20-22H,13-14H2,(H,27,31)/t20-,21+,22-,25-/m1/s1. The fraction of sp³-hybridized carbons (Fsp3) is 0.240. The van der Waals surface area contributed by atoms with Crippen LogP contribution in [0.3, 0.4) is 0 Å². The number of hydrogen-bond acceptors (Lipinski definition) is 7. The molecule has 8 nitrogen and oxygen atoms in total. The lowest BCUT2D eigenvalue weighted by Crippen LogP contribution is -2.52. The van der Waals surface area contributed by atoms with Gasteiger partial charge in [-0.3, -0.25) is 29.6 Å². The van der Waals surface area contributed by atoms with E-state index in [9.17, 15) is 19.7 Å². The number of hydrogen-bond donors (Lipinski definition) is 1. The normalized spacial score (nSPS) is 27.4. The molecule has 0 bridgehead atoms. The van der Waals surface area contributed by atoms with Crippen molar-refractivity contribution in [1.82, 2.24) is 9.88 Å². The van der Waals surface area contributed by atoms with Gasteiger partial charge >= 0.3 is 0 Å². The predicted molar refractivity (Wildman–Crippen MR) is 128 cm³/mol. The fourth-order valence-electron chi connectivity index (χ4n) is 5.89. The van der Waals surface area contributed by atoms with Gasteiger partial charge in [-0.15, -0.1) is 11.8 Å². The van der Waals surface area contributed by atoms with E-state index in [2.05, 4.69) is 15.2 Å². The summed E-state index contributed by atoms with van der Waals surface area (Å²) < 4.78 is 0. The number of benzene rings is 2. The van der Waals surface area contributed by atoms with Gasteiger partial charge in [0.15, 0.2) is 5.78 Å². The van der Waals surface area contributed by atoms with E-state index in [4.69, 9.17) is 0 Å². The Labute approximate surface area is 199 Å². The van der Waals surface area contributed by atoms with Gasteiger partial charge in [0.1, 0.15) is 11.2 Å². The maximum Gasteiger partial charge on any atom is 0.269 e. The van der Waals surface area contributed by atoms with Crippen LogP contribution < -0.4 is 5.32 Å². The minimum Gasteiger partial charge on any atom is -0.324 e. The molecule has 2 fully saturated rings. The highest BCUT2D eigenvalue weighted by Gasteiger charge is 2.69. The summed E-state index contributed by atoms with van der Waals surface area (Å²) in [5.74, 6) is -0.108. The fourth-order valence-corrected chi connectivity index (χ4v) is 7.22. The van der Waals surface area contributed by atoms with Gasteiger partial charge in [0.05, 0.1) is 10.8 Å². The lowest BCUT2D eigenvalue weighted by atomic mass is 9.70. The molecule has 170 valence electrons. The van der Waals surface area contributed by atoms with Crippen molar-refractivity contribution in [3.63, 3.8) is 0 Å². The number of nitrogens with zero attached hydrogens (tertiary/aromatic N) is 3. The Morgan fingerprint density at radius 2 is 1.88 bits per heavy atom. The van der Waals surface area contributed by atoms with Crippen molar-refractivity contribution >= 4 is 34.8 Å². The molecule has 3 aliphatic rings. The Hall–Kier alpha value is -3.56. The lowest BCUT2D eigenvalue weighted by Gasteiger charge is -2.36. The van der Waals surface area contributed by atoms with Gasteiger partial charge in [0, 0.05) is 53.2 Å². The average molecular weight is 473 g/mol. The van der Waals surface area contributed by atoms with Crippen LogP contribution in [-0.2, 0) is 10.3 Å². The second-order valence-corrected chi connectivity index (χ2v) is 9.73. The van der Waals surface area contributed by atoms with Gasteiger partial charge < -0.3 is 5.32 Å². The van der Waals surface area contributed by atoms with E-state index in [-0.39, 0.29) is 29.3 Å². The summed E-state index contributed by atoms with van der Waals surface area (Å²) in [7, 11) is 0. The van der Waals surface area contributed by atoms with Crippen LogP contribution >= 0.6 is 11.8 Å². The van der Waals surface area contributed by atoms with Crippen LogP contribution in [-0.4, -0.2) is 44.2 Å². The van der Waals surface area contributed by atoms with Crippen molar-refractivity contribution in [3.05, 3.63) is 99.9 Å². The molecule has 6 rings (SSSR count). The highest BCUT2D eigenvalue weighted by atomic mass is 32.2. The smallest absolute Gasteiger partial charge is 0.269 e. The highest BCUT2D eigenvalue weighted by Crippen LogP contribution is 2.61. The number of nitro groups is 1. The van der Waals surface area contributed by atoms with E-state index in [1.54, 1.807) is 48.3 Å². The molecule has 2 aromatic carbocycles. The van der Waals surface area contributed by atoms with Crippen molar-refractivity contribution in [2.45, 2.75) is 17.5 Å². The predicted octanol–water partition coefficient (Wildman–Crippen LogP) is 3.81. The number of aromatic nitrogens is 1. The highest BCUT2D eigenvalue weighted by molar-refractivity contribution is 7.99. The van der Waals surface area contributed by atoms with Crippen LogP contribution in [0, 0.1) is 16.0 Å². The Kier molecular flexibility index (Phi) is 4.79. The van der Waals surface area contributed by atoms with Crippen LogP contribution in [0.25, 0.3) is 0 Å². The first kappa shape index (κ1) is 21.0. The molecule has 2 saturated heterocycles. The molecule has 4 heterocycles. The maximum atomic E-state index is 14.2. The van der Waals surface area contributed by atoms with Gasteiger partial charge in [-0.1, -0.05) is 36.4 Å². The topological polar surface area (TPSA) is 105 Å². The number of rotatable bonds is 4. The van der Waals surface area contributed by atoms with Gasteiger partial charge in [-0.2, -0.15) is 0 Å². The third kappa shape index (κ3) is 2.80. The number of anilines is 1. The molecule has 1 amide bonds. The zero-order chi connectivity index (χ0) is 23.4. The SMILES string of the molecule is O=C(c1ccccn1)[C@H]1[C@@H](c2ccc([N+](=O)[O-])cc2)[C@H]2CSCN2[C@@]12C(=O)Nc1ccccc12. The third-order valence-electron chi connectivity index (χ3n) is 7.22. The first-order valence-electron chi connectivity index (χ1n) is 11.0. The number of carbonyl (C=O) groups is 2. The molecule has 0 saturated carbocycles.